The van der Waals surface area contributed by atoms with E-state index in [0.29, 0.717) is 0 Å². The Hall–Kier alpha value is -1.85. The molecule has 1 amide bonds. The van der Waals surface area contributed by atoms with Gasteiger partial charge in [-0.15, -0.1) is 0 Å². The molecule has 0 spiro atoms. The Morgan fingerprint density at radius 3 is 3.21 bits per heavy atom. The maximum Gasteiger partial charge on any atom is 0.263 e. The SMILES string of the molecule is COc1nc2c(cc1F)OCC(=O)N2. The molecule has 0 aliphatic carbocycles. The summed E-state index contributed by atoms with van der Waals surface area (Å²) in [6.07, 6.45) is 0. The van der Waals surface area contributed by atoms with E-state index in [1.54, 1.807) is 0 Å². The summed E-state index contributed by atoms with van der Waals surface area (Å²) < 4.78 is 22.7. The molecule has 6 heteroatoms. The average molecular weight is 198 g/mol. The molecule has 1 aromatic heterocycles. The number of aromatic nitrogens is 1. The van der Waals surface area contributed by atoms with E-state index in [9.17, 15) is 9.18 Å². The summed E-state index contributed by atoms with van der Waals surface area (Å²) in [5, 5.41) is 2.44. The van der Waals surface area contributed by atoms with Crippen LogP contribution in [0, 0.1) is 5.82 Å². The zero-order valence-corrected chi connectivity index (χ0v) is 7.33. The Morgan fingerprint density at radius 2 is 2.50 bits per heavy atom. The van der Waals surface area contributed by atoms with Gasteiger partial charge in [-0.25, -0.2) is 4.39 Å². The molecule has 1 aliphatic heterocycles. The van der Waals surface area contributed by atoms with Crippen molar-refractivity contribution in [3.63, 3.8) is 0 Å². The molecule has 0 saturated carbocycles. The van der Waals surface area contributed by atoms with E-state index < -0.39 is 5.82 Å². The normalized spacial score (nSPS) is 14.0. The number of carbonyl (C=O) groups excluding carboxylic acids is 1. The van der Waals surface area contributed by atoms with Crippen molar-refractivity contribution in [3.8, 4) is 11.6 Å². The van der Waals surface area contributed by atoms with E-state index in [4.69, 9.17) is 4.74 Å². The lowest BCUT2D eigenvalue weighted by molar-refractivity contribution is -0.118. The molecule has 0 aromatic carbocycles. The minimum Gasteiger partial charge on any atom is -0.480 e. The number of hydrogen-bond acceptors (Lipinski definition) is 4. The molecule has 0 bridgehead atoms. The van der Waals surface area contributed by atoms with Gasteiger partial charge in [0.1, 0.15) is 0 Å². The zero-order valence-electron chi connectivity index (χ0n) is 7.33. The zero-order chi connectivity index (χ0) is 10.1. The summed E-state index contributed by atoms with van der Waals surface area (Å²) in [5.74, 6) is -0.724. The minimum absolute atomic E-state index is 0.125. The van der Waals surface area contributed by atoms with Gasteiger partial charge in [0.05, 0.1) is 7.11 Å². The predicted octanol–water partition coefficient (Wildman–Crippen LogP) is 0.560. The van der Waals surface area contributed by atoms with Crippen molar-refractivity contribution in [3.05, 3.63) is 11.9 Å². The number of rotatable bonds is 1. The number of carbonyl (C=O) groups is 1. The third-order valence-electron chi connectivity index (χ3n) is 1.72. The quantitative estimate of drug-likeness (QED) is 0.716. The van der Waals surface area contributed by atoms with Crippen LogP contribution < -0.4 is 14.8 Å². The van der Waals surface area contributed by atoms with Crippen molar-refractivity contribution in [2.45, 2.75) is 0 Å². The number of amides is 1. The summed E-state index contributed by atoms with van der Waals surface area (Å²) >= 11 is 0. The molecule has 0 unspecified atom stereocenters. The van der Waals surface area contributed by atoms with Gasteiger partial charge in [-0.05, 0) is 0 Å². The molecule has 14 heavy (non-hydrogen) atoms. The molecule has 2 rings (SSSR count). The summed E-state index contributed by atoms with van der Waals surface area (Å²) in [6.45, 7) is -0.125. The lowest BCUT2D eigenvalue weighted by Gasteiger charge is -2.17. The van der Waals surface area contributed by atoms with Crippen molar-refractivity contribution in [1.29, 1.82) is 0 Å². The average Bonchev–Trinajstić information content (AvgIpc) is 2.17. The predicted molar refractivity (Wildman–Crippen MR) is 44.9 cm³/mol. The topological polar surface area (TPSA) is 60.5 Å². The first kappa shape index (κ1) is 8.74. The van der Waals surface area contributed by atoms with Crippen molar-refractivity contribution < 1.29 is 18.7 Å². The van der Waals surface area contributed by atoms with Crippen molar-refractivity contribution in [2.75, 3.05) is 19.0 Å². The first-order valence-corrected chi connectivity index (χ1v) is 3.88. The second-order valence-corrected chi connectivity index (χ2v) is 2.66. The molecule has 1 N–H and O–H groups in total. The largest absolute Gasteiger partial charge is 0.480 e. The van der Waals surface area contributed by atoms with Crippen LogP contribution in [0.3, 0.4) is 0 Å². The van der Waals surface area contributed by atoms with Crippen LogP contribution in [0.15, 0.2) is 6.07 Å². The maximum atomic E-state index is 13.1. The Bertz CT molecular complexity index is 394. The number of methoxy groups -OCH3 is 1. The smallest absolute Gasteiger partial charge is 0.263 e. The molecule has 1 aromatic rings. The highest BCUT2D eigenvalue weighted by molar-refractivity contribution is 5.94. The fraction of sp³-hybridized carbons (Fsp3) is 0.250. The molecule has 0 radical (unpaired) electrons. The monoisotopic (exact) mass is 198 g/mol. The van der Waals surface area contributed by atoms with E-state index in [1.807, 2.05) is 0 Å². The molecular weight excluding hydrogens is 191 g/mol. The van der Waals surface area contributed by atoms with E-state index >= 15 is 0 Å². The Labute approximate surface area is 78.8 Å². The van der Waals surface area contributed by atoms with E-state index in [-0.39, 0.29) is 30.0 Å². The number of halogens is 1. The highest BCUT2D eigenvalue weighted by Crippen LogP contribution is 2.29. The van der Waals surface area contributed by atoms with Gasteiger partial charge in [0.2, 0.25) is 0 Å². The molecular formula is C8H7FN2O3. The summed E-state index contributed by atoms with van der Waals surface area (Å²) in [4.78, 5) is 14.6. The first-order valence-electron chi connectivity index (χ1n) is 3.88. The molecule has 0 atom stereocenters. The standard InChI is InChI=1S/C8H7FN2O3/c1-13-8-4(9)2-5-7(11-8)10-6(12)3-14-5/h2H,3H2,1H3,(H,10,11,12). The fourth-order valence-corrected chi connectivity index (χ4v) is 1.11. The molecule has 2 heterocycles. The van der Waals surface area contributed by atoms with Crippen LogP contribution in [-0.4, -0.2) is 24.6 Å². The summed E-state index contributed by atoms with van der Waals surface area (Å²) in [5.41, 5.74) is 0. The molecule has 74 valence electrons. The number of nitrogens with one attached hydrogen (secondary N) is 1. The van der Waals surface area contributed by atoms with Crippen molar-refractivity contribution in [1.82, 2.24) is 4.98 Å². The van der Waals surface area contributed by atoms with Crippen LogP contribution in [0.4, 0.5) is 10.2 Å². The van der Waals surface area contributed by atoms with Crippen molar-refractivity contribution in [2.24, 2.45) is 0 Å². The van der Waals surface area contributed by atoms with Gasteiger partial charge in [0.25, 0.3) is 11.8 Å². The van der Waals surface area contributed by atoms with Gasteiger partial charge in [-0.1, -0.05) is 0 Å². The Morgan fingerprint density at radius 1 is 1.71 bits per heavy atom. The number of ether oxygens (including phenoxy) is 2. The van der Waals surface area contributed by atoms with Crippen LogP contribution in [0.2, 0.25) is 0 Å². The van der Waals surface area contributed by atoms with Crippen LogP contribution in [0.5, 0.6) is 11.6 Å². The number of fused-ring (bicyclic) bond motifs is 1. The van der Waals surface area contributed by atoms with Gasteiger partial charge < -0.3 is 14.8 Å². The lowest BCUT2D eigenvalue weighted by Crippen LogP contribution is -2.26. The summed E-state index contributed by atoms with van der Waals surface area (Å²) in [7, 11) is 1.29. The number of anilines is 1. The second-order valence-electron chi connectivity index (χ2n) is 2.66. The molecule has 0 fully saturated rings. The third-order valence-corrected chi connectivity index (χ3v) is 1.72. The highest BCUT2D eigenvalue weighted by Gasteiger charge is 2.20. The van der Waals surface area contributed by atoms with Crippen LogP contribution >= 0.6 is 0 Å². The highest BCUT2D eigenvalue weighted by atomic mass is 19.1. The van der Waals surface area contributed by atoms with Gasteiger partial charge in [0, 0.05) is 6.07 Å². The third kappa shape index (κ3) is 1.34. The lowest BCUT2D eigenvalue weighted by atomic mass is 10.3. The number of hydrogen-bond donors (Lipinski definition) is 1. The Balaban J connectivity index is 2.46. The van der Waals surface area contributed by atoms with Gasteiger partial charge in [-0.2, -0.15) is 4.98 Å². The van der Waals surface area contributed by atoms with Crippen LogP contribution in [-0.2, 0) is 4.79 Å². The van der Waals surface area contributed by atoms with E-state index in [1.165, 1.54) is 7.11 Å². The molecule has 1 aliphatic rings. The summed E-state index contributed by atoms with van der Waals surface area (Å²) in [6, 6.07) is 1.13. The fourth-order valence-electron chi connectivity index (χ4n) is 1.11. The Kier molecular flexibility index (Phi) is 1.95. The maximum absolute atomic E-state index is 13.1. The van der Waals surface area contributed by atoms with Crippen LogP contribution in [0.25, 0.3) is 0 Å². The van der Waals surface area contributed by atoms with Gasteiger partial charge in [0.15, 0.2) is 24.0 Å². The van der Waals surface area contributed by atoms with E-state index in [0.717, 1.165) is 6.07 Å². The minimum atomic E-state index is -0.623. The van der Waals surface area contributed by atoms with Gasteiger partial charge in [-0.3, -0.25) is 4.79 Å². The van der Waals surface area contributed by atoms with Gasteiger partial charge >= 0.3 is 0 Å². The van der Waals surface area contributed by atoms with Crippen molar-refractivity contribution >= 4 is 11.7 Å². The first-order chi connectivity index (χ1) is 6.70. The second kappa shape index (κ2) is 3.13. The number of pyridine rings is 1. The molecule has 0 saturated heterocycles. The molecule has 5 nitrogen and oxygen atoms in total. The van der Waals surface area contributed by atoms with E-state index in [2.05, 4.69) is 15.0 Å². The van der Waals surface area contributed by atoms with Crippen LogP contribution in [0.1, 0.15) is 0 Å². The number of nitrogens with zero attached hydrogens (tertiary/aromatic N) is 1.